The first-order valence-corrected chi connectivity index (χ1v) is 7.57. The summed E-state index contributed by atoms with van der Waals surface area (Å²) in [6.45, 7) is 7.25. The van der Waals surface area contributed by atoms with Gasteiger partial charge in [0.2, 0.25) is 0 Å². The second kappa shape index (κ2) is 6.69. The number of aryl methyl sites for hydroxylation is 1. The zero-order chi connectivity index (χ0) is 13.0. The van der Waals surface area contributed by atoms with Crippen LogP contribution in [0.15, 0.2) is 22.7 Å². The average Bonchev–Trinajstić information content (AvgIpc) is 2.81. The maximum atomic E-state index is 5.70. The topological polar surface area (TPSA) is 21.3 Å². The molecule has 0 radical (unpaired) electrons. The van der Waals surface area contributed by atoms with Crippen molar-refractivity contribution in [1.29, 1.82) is 0 Å². The second-order valence-electron chi connectivity index (χ2n) is 5.08. The third-order valence-electron chi connectivity index (χ3n) is 3.72. The summed E-state index contributed by atoms with van der Waals surface area (Å²) in [5.74, 6) is 0.684. The minimum Gasteiger partial charge on any atom is -0.378 e. The third kappa shape index (κ3) is 3.56. The monoisotopic (exact) mass is 311 g/mol. The maximum Gasteiger partial charge on any atom is 0.0613 e. The van der Waals surface area contributed by atoms with E-state index in [1.165, 1.54) is 22.0 Å². The van der Waals surface area contributed by atoms with E-state index < -0.39 is 0 Å². The summed E-state index contributed by atoms with van der Waals surface area (Å²) in [5.41, 5.74) is 2.62. The molecule has 3 heteroatoms. The number of benzene rings is 1. The van der Waals surface area contributed by atoms with E-state index >= 15 is 0 Å². The highest BCUT2D eigenvalue weighted by Crippen LogP contribution is 2.23. The van der Waals surface area contributed by atoms with E-state index in [2.05, 4.69) is 53.3 Å². The number of hydrogen-bond donors (Lipinski definition) is 1. The molecule has 1 fully saturated rings. The van der Waals surface area contributed by atoms with Gasteiger partial charge in [-0.05, 0) is 42.9 Å². The van der Waals surface area contributed by atoms with Gasteiger partial charge >= 0.3 is 0 Å². The van der Waals surface area contributed by atoms with Crippen molar-refractivity contribution in [3.8, 4) is 0 Å². The van der Waals surface area contributed by atoms with Crippen molar-refractivity contribution in [2.75, 3.05) is 13.2 Å². The highest BCUT2D eigenvalue weighted by molar-refractivity contribution is 9.10. The van der Waals surface area contributed by atoms with Gasteiger partial charge in [0.05, 0.1) is 6.10 Å². The van der Waals surface area contributed by atoms with Gasteiger partial charge in [-0.2, -0.15) is 0 Å². The van der Waals surface area contributed by atoms with E-state index in [4.69, 9.17) is 4.74 Å². The van der Waals surface area contributed by atoms with E-state index in [1.807, 2.05) is 0 Å². The molecule has 0 saturated carbocycles. The summed E-state index contributed by atoms with van der Waals surface area (Å²) >= 11 is 3.58. The SMILES string of the molecule is CCC1OCCC1CNCc1ccc(C)c(Br)c1. The quantitative estimate of drug-likeness (QED) is 0.896. The first-order valence-electron chi connectivity index (χ1n) is 6.78. The number of halogens is 1. The van der Waals surface area contributed by atoms with Gasteiger partial charge < -0.3 is 10.1 Å². The van der Waals surface area contributed by atoms with Crippen LogP contribution in [0.3, 0.4) is 0 Å². The standard InChI is InChI=1S/C15H22BrNO/c1-3-15-13(6-7-18-15)10-17-9-12-5-4-11(2)14(16)8-12/h4-5,8,13,15,17H,3,6-7,9-10H2,1-2H3. The Bertz CT molecular complexity index is 394. The molecule has 1 aromatic rings. The van der Waals surface area contributed by atoms with Crippen molar-refractivity contribution >= 4 is 15.9 Å². The molecule has 2 nitrogen and oxygen atoms in total. The van der Waals surface area contributed by atoms with Gasteiger partial charge in [-0.3, -0.25) is 0 Å². The van der Waals surface area contributed by atoms with E-state index in [-0.39, 0.29) is 0 Å². The van der Waals surface area contributed by atoms with Crippen LogP contribution in [0.5, 0.6) is 0 Å². The Balaban J connectivity index is 1.79. The molecule has 2 unspecified atom stereocenters. The van der Waals surface area contributed by atoms with Crippen molar-refractivity contribution in [2.45, 2.75) is 39.3 Å². The Hall–Kier alpha value is -0.380. The van der Waals surface area contributed by atoms with Crippen molar-refractivity contribution < 1.29 is 4.74 Å². The normalized spacial score (nSPS) is 23.5. The van der Waals surface area contributed by atoms with Crippen LogP contribution in [0.25, 0.3) is 0 Å². The number of ether oxygens (including phenoxy) is 1. The molecule has 1 aliphatic rings. The molecule has 2 rings (SSSR count). The fourth-order valence-electron chi connectivity index (χ4n) is 2.53. The summed E-state index contributed by atoms with van der Waals surface area (Å²) in [7, 11) is 0. The highest BCUT2D eigenvalue weighted by atomic mass is 79.9. The van der Waals surface area contributed by atoms with Gasteiger partial charge in [0.1, 0.15) is 0 Å². The van der Waals surface area contributed by atoms with Crippen molar-refractivity contribution in [2.24, 2.45) is 5.92 Å². The summed E-state index contributed by atoms with van der Waals surface area (Å²) in [4.78, 5) is 0. The van der Waals surface area contributed by atoms with Crippen LogP contribution < -0.4 is 5.32 Å². The number of nitrogens with one attached hydrogen (secondary N) is 1. The zero-order valence-corrected chi connectivity index (χ0v) is 12.8. The Morgan fingerprint density at radius 1 is 1.44 bits per heavy atom. The molecule has 1 saturated heterocycles. The molecular weight excluding hydrogens is 290 g/mol. The maximum absolute atomic E-state index is 5.70. The van der Waals surface area contributed by atoms with Crippen LogP contribution in [0.1, 0.15) is 30.9 Å². The molecule has 1 heterocycles. The Morgan fingerprint density at radius 3 is 3.00 bits per heavy atom. The molecule has 0 amide bonds. The van der Waals surface area contributed by atoms with Crippen LogP contribution >= 0.6 is 15.9 Å². The van der Waals surface area contributed by atoms with Gasteiger partial charge in [-0.15, -0.1) is 0 Å². The van der Waals surface area contributed by atoms with Crippen LogP contribution in [0, 0.1) is 12.8 Å². The number of hydrogen-bond acceptors (Lipinski definition) is 2. The molecule has 0 spiro atoms. The fourth-order valence-corrected chi connectivity index (χ4v) is 2.95. The summed E-state index contributed by atoms with van der Waals surface area (Å²) in [6, 6.07) is 6.55. The van der Waals surface area contributed by atoms with E-state index in [9.17, 15) is 0 Å². The second-order valence-corrected chi connectivity index (χ2v) is 5.94. The Kier molecular flexibility index (Phi) is 5.22. The van der Waals surface area contributed by atoms with Crippen molar-refractivity contribution in [3.05, 3.63) is 33.8 Å². The largest absolute Gasteiger partial charge is 0.378 e. The molecule has 1 aromatic carbocycles. The van der Waals surface area contributed by atoms with Gasteiger partial charge in [0, 0.05) is 24.2 Å². The predicted molar refractivity (Wildman–Crippen MR) is 78.7 cm³/mol. The van der Waals surface area contributed by atoms with E-state index in [0.29, 0.717) is 12.0 Å². The van der Waals surface area contributed by atoms with E-state index in [0.717, 1.165) is 26.1 Å². The van der Waals surface area contributed by atoms with Crippen molar-refractivity contribution in [1.82, 2.24) is 5.32 Å². The molecule has 1 aliphatic heterocycles. The molecule has 100 valence electrons. The minimum atomic E-state index is 0.460. The molecular formula is C15H22BrNO. The Labute approximate surface area is 118 Å². The van der Waals surface area contributed by atoms with Gasteiger partial charge in [-0.1, -0.05) is 35.0 Å². The van der Waals surface area contributed by atoms with Crippen LogP contribution in [0.4, 0.5) is 0 Å². The lowest BCUT2D eigenvalue weighted by Gasteiger charge is -2.17. The highest BCUT2D eigenvalue weighted by Gasteiger charge is 2.25. The Morgan fingerprint density at radius 2 is 2.28 bits per heavy atom. The molecule has 18 heavy (non-hydrogen) atoms. The van der Waals surface area contributed by atoms with Gasteiger partial charge in [0.15, 0.2) is 0 Å². The first kappa shape index (κ1) is 14.0. The van der Waals surface area contributed by atoms with Crippen LogP contribution in [0.2, 0.25) is 0 Å². The molecule has 1 N–H and O–H groups in total. The average molecular weight is 312 g/mol. The van der Waals surface area contributed by atoms with Gasteiger partial charge in [-0.25, -0.2) is 0 Å². The summed E-state index contributed by atoms with van der Waals surface area (Å²) in [6.07, 6.45) is 2.79. The molecule has 0 bridgehead atoms. The predicted octanol–water partition coefficient (Wildman–Crippen LogP) is 3.66. The molecule has 2 atom stereocenters. The lowest BCUT2D eigenvalue weighted by molar-refractivity contribution is 0.0872. The van der Waals surface area contributed by atoms with Gasteiger partial charge in [0.25, 0.3) is 0 Å². The minimum absolute atomic E-state index is 0.460. The fraction of sp³-hybridized carbons (Fsp3) is 0.600. The van der Waals surface area contributed by atoms with Crippen molar-refractivity contribution in [3.63, 3.8) is 0 Å². The van der Waals surface area contributed by atoms with Crippen LogP contribution in [-0.2, 0) is 11.3 Å². The third-order valence-corrected chi connectivity index (χ3v) is 4.57. The molecule has 0 aromatic heterocycles. The smallest absolute Gasteiger partial charge is 0.0613 e. The zero-order valence-electron chi connectivity index (χ0n) is 11.2. The van der Waals surface area contributed by atoms with Crippen LogP contribution in [-0.4, -0.2) is 19.3 Å². The lowest BCUT2D eigenvalue weighted by atomic mass is 9.99. The summed E-state index contributed by atoms with van der Waals surface area (Å²) < 4.78 is 6.90. The number of rotatable bonds is 5. The lowest BCUT2D eigenvalue weighted by Crippen LogP contribution is -2.27. The molecule has 0 aliphatic carbocycles. The van der Waals surface area contributed by atoms with E-state index in [1.54, 1.807) is 0 Å². The summed E-state index contributed by atoms with van der Waals surface area (Å²) in [5, 5.41) is 3.55. The first-order chi connectivity index (χ1) is 8.70.